The molecule has 0 aromatic carbocycles. The van der Waals surface area contributed by atoms with Gasteiger partial charge in [0.2, 0.25) is 5.91 Å². The fourth-order valence-electron chi connectivity index (χ4n) is 1.96. The number of carbonyl (C=O) groups is 1. The first kappa shape index (κ1) is 17.2. The van der Waals surface area contributed by atoms with Gasteiger partial charge >= 0.3 is 0 Å². The molecule has 0 aliphatic carbocycles. The fourth-order valence-corrected chi connectivity index (χ4v) is 1.96. The zero-order chi connectivity index (χ0) is 16.0. The van der Waals surface area contributed by atoms with Gasteiger partial charge < -0.3 is 15.6 Å². The number of hydrogen-bond donors (Lipinski definition) is 3. The van der Waals surface area contributed by atoms with Gasteiger partial charge in [0.05, 0.1) is 0 Å². The van der Waals surface area contributed by atoms with Gasteiger partial charge in [-0.2, -0.15) is 0 Å². The lowest BCUT2D eigenvalue weighted by Crippen LogP contribution is -2.41. The molecule has 0 saturated heterocycles. The smallest absolute Gasteiger partial charge is 0.244 e. The number of nitrogens with one attached hydrogen (secondary N) is 2. The zero-order valence-corrected chi connectivity index (χ0v) is 13.5. The average molecular weight is 294 g/mol. The molecule has 0 radical (unpaired) electrons. The summed E-state index contributed by atoms with van der Waals surface area (Å²) < 4.78 is 0. The van der Waals surface area contributed by atoms with E-state index in [0.29, 0.717) is 30.5 Å². The van der Waals surface area contributed by atoms with E-state index >= 15 is 0 Å². The Morgan fingerprint density at radius 2 is 1.81 bits per heavy atom. The van der Waals surface area contributed by atoms with Crippen molar-refractivity contribution in [3.05, 3.63) is 11.9 Å². The molecular formula is C14H26N6O. The molecule has 0 bridgehead atoms. The monoisotopic (exact) mass is 294 g/mol. The van der Waals surface area contributed by atoms with Crippen molar-refractivity contribution in [2.45, 2.75) is 46.6 Å². The van der Waals surface area contributed by atoms with E-state index in [0.717, 1.165) is 0 Å². The first-order chi connectivity index (χ1) is 9.92. The van der Waals surface area contributed by atoms with Crippen molar-refractivity contribution in [2.75, 3.05) is 23.8 Å². The molecule has 1 amide bonds. The van der Waals surface area contributed by atoms with E-state index in [4.69, 9.17) is 5.84 Å². The number of nitrogens with two attached hydrogens (primary N) is 1. The van der Waals surface area contributed by atoms with E-state index in [9.17, 15) is 4.79 Å². The molecule has 0 saturated carbocycles. The van der Waals surface area contributed by atoms with E-state index in [1.807, 2.05) is 34.6 Å². The van der Waals surface area contributed by atoms with Crippen molar-refractivity contribution in [2.24, 2.45) is 5.84 Å². The number of carbonyl (C=O) groups excluding carboxylic acids is 1. The first-order valence-electron chi connectivity index (χ1n) is 7.33. The second-order valence-electron chi connectivity index (χ2n) is 5.17. The van der Waals surface area contributed by atoms with Crippen LogP contribution in [-0.4, -0.2) is 39.9 Å². The van der Waals surface area contributed by atoms with Gasteiger partial charge in [0.1, 0.15) is 23.5 Å². The summed E-state index contributed by atoms with van der Waals surface area (Å²) in [7, 11) is 0. The second-order valence-corrected chi connectivity index (χ2v) is 5.17. The summed E-state index contributed by atoms with van der Waals surface area (Å²) in [5.74, 6) is 7.44. The number of hydrogen-bond acceptors (Lipinski definition) is 6. The van der Waals surface area contributed by atoms with Crippen molar-refractivity contribution >= 4 is 17.5 Å². The lowest BCUT2D eigenvalue weighted by atomic mass is 10.2. The molecule has 118 valence electrons. The Balaban J connectivity index is 2.91. The van der Waals surface area contributed by atoms with Gasteiger partial charge in [-0.25, -0.2) is 15.8 Å². The van der Waals surface area contributed by atoms with Gasteiger partial charge in [-0.1, -0.05) is 13.8 Å². The third-order valence-corrected chi connectivity index (χ3v) is 3.22. The molecule has 7 nitrogen and oxygen atoms in total. The summed E-state index contributed by atoms with van der Waals surface area (Å²) in [5, 5.41) is 3.12. The van der Waals surface area contributed by atoms with Gasteiger partial charge in [0.25, 0.3) is 0 Å². The normalized spacial score (nSPS) is 12.1. The van der Waals surface area contributed by atoms with Crippen LogP contribution in [0.5, 0.6) is 0 Å². The van der Waals surface area contributed by atoms with Crippen LogP contribution in [0.1, 0.15) is 46.4 Å². The molecule has 0 spiro atoms. The van der Waals surface area contributed by atoms with Gasteiger partial charge in [0.15, 0.2) is 0 Å². The lowest BCUT2D eigenvalue weighted by Gasteiger charge is -2.24. The second kappa shape index (κ2) is 7.78. The number of hydrazine groups is 1. The Morgan fingerprint density at radius 1 is 1.24 bits per heavy atom. The molecule has 1 aromatic rings. The van der Waals surface area contributed by atoms with Crippen molar-refractivity contribution < 1.29 is 4.79 Å². The highest BCUT2D eigenvalue weighted by atomic mass is 16.2. The predicted molar refractivity (Wildman–Crippen MR) is 84.9 cm³/mol. The summed E-state index contributed by atoms with van der Waals surface area (Å²) in [5.41, 5.74) is 2.52. The highest BCUT2D eigenvalue weighted by molar-refractivity contribution is 5.84. The highest BCUT2D eigenvalue weighted by Gasteiger charge is 2.19. The van der Waals surface area contributed by atoms with E-state index in [1.54, 1.807) is 11.0 Å². The van der Waals surface area contributed by atoms with Crippen LogP contribution in [0.2, 0.25) is 0 Å². The largest absolute Gasteiger partial charge is 0.358 e. The zero-order valence-electron chi connectivity index (χ0n) is 13.5. The topological polar surface area (TPSA) is 96.2 Å². The number of nitrogen functional groups attached to an aromatic ring is 1. The van der Waals surface area contributed by atoms with Crippen LogP contribution in [0.4, 0.5) is 11.6 Å². The molecule has 1 unspecified atom stereocenters. The average Bonchev–Trinajstić information content (AvgIpc) is 2.47. The van der Waals surface area contributed by atoms with E-state index < -0.39 is 0 Å². The number of amides is 1. The van der Waals surface area contributed by atoms with Crippen molar-refractivity contribution in [3.8, 4) is 0 Å². The number of likely N-dealkylation sites (N-methyl/N-ethyl adjacent to an activating group) is 1. The van der Waals surface area contributed by atoms with Crippen molar-refractivity contribution in [1.29, 1.82) is 0 Å². The SMILES string of the molecule is CCN(CC)C(=O)C(C)Nc1cc(NN)nc(C(C)C)n1. The molecule has 1 rings (SSSR count). The van der Waals surface area contributed by atoms with Crippen LogP contribution < -0.4 is 16.6 Å². The van der Waals surface area contributed by atoms with Crippen LogP contribution in [0.3, 0.4) is 0 Å². The van der Waals surface area contributed by atoms with Crippen LogP contribution in [-0.2, 0) is 4.79 Å². The van der Waals surface area contributed by atoms with Crippen LogP contribution >= 0.6 is 0 Å². The molecule has 0 aliphatic rings. The van der Waals surface area contributed by atoms with Crippen LogP contribution in [0.25, 0.3) is 0 Å². The van der Waals surface area contributed by atoms with Crippen molar-refractivity contribution in [1.82, 2.24) is 14.9 Å². The minimum absolute atomic E-state index is 0.0481. The van der Waals surface area contributed by atoms with E-state index in [1.165, 1.54) is 0 Å². The Morgan fingerprint density at radius 3 is 2.29 bits per heavy atom. The molecule has 0 aliphatic heterocycles. The molecule has 1 heterocycles. The maximum Gasteiger partial charge on any atom is 0.244 e. The number of aromatic nitrogens is 2. The number of anilines is 2. The maximum atomic E-state index is 12.3. The van der Waals surface area contributed by atoms with Crippen LogP contribution in [0.15, 0.2) is 6.07 Å². The molecule has 0 fully saturated rings. The van der Waals surface area contributed by atoms with Gasteiger partial charge in [-0.3, -0.25) is 4.79 Å². The molecule has 1 aromatic heterocycles. The molecular weight excluding hydrogens is 268 g/mol. The Labute approximate surface area is 126 Å². The number of nitrogens with zero attached hydrogens (tertiary/aromatic N) is 3. The highest BCUT2D eigenvalue weighted by Crippen LogP contribution is 2.17. The van der Waals surface area contributed by atoms with Gasteiger partial charge in [-0.05, 0) is 20.8 Å². The third kappa shape index (κ3) is 4.56. The summed E-state index contributed by atoms with van der Waals surface area (Å²) in [6.07, 6.45) is 0. The third-order valence-electron chi connectivity index (χ3n) is 3.22. The van der Waals surface area contributed by atoms with Gasteiger partial charge in [-0.15, -0.1) is 0 Å². The summed E-state index contributed by atoms with van der Waals surface area (Å²) in [6, 6.07) is 1.34. The van der Waals surface area contributed by atoms with Crippen LogP contribution in [0, 0.1) is 0 Å². The van der Waals surface area contributed by atoms with E-state index in [2.05, 4.69) is 20.7 Å². The molecule has 7 heteroatoms. The molecule has 1 atom stereocenters. The first-order valence-corrected chi connectivity index (χ1v) is 7.33. The maximum absolute atomic E-state index is 12.3. The predicted octanol–water partition coefficient (Wildman–Crippen LogP) is 1.55. The summed E-state index contributed by atoms with van der Waals surface area (Å²) >= 11 is 0. The Hall–Kier alpha value is -1.89. The number of rotatable bonds is 7. The van der Waals surface area contributed by atoms with Gasteiger partial charge in [0, 0.05) is 25.1 Å². The molecule has 4 N–H and O–H groups in total. The summed E-state index contributed by atoms with van der Waals surface area (Å²) in [4.78, 5) is 22.8. The Bertz CT molecular complexity index is 473. The quantitative estimate of drug-likeness (QED) is 0.521. The fraction of sp³-hybridized carbons (Fsp3) is 0.643. The van der Waals surface area contributed by atoms with Crippen molar-refractivity contribution in [3.63, 3.8) is 0 Å². The lowest BCUT2D eigenvalue weighted by molar-refractivity contribution is -0.131. The minimum atomic E-state index is -0.356. The van der Waals surface area contributed by atoms with E-state index in [-0.39, 0.29) is 17.9 Å². The minimum Gasteiger partial charge on any atom is -0.358 e. The standard InChI is InChI=1S/C14H26N6O/c1-6-20(7-2)14(21)10(5)16-11-8-12(19-15)18-13(17-11)9(3)4/h8-10H,6-7,15H2,1-5H3,(H2,16,17,18,19). The Kier molecular flexibility index (Phi) is 6.36. The summed E-state index contributed by atoms with van der Waals surface area (Å²) in [6.45, 7) is 11.1. The molecule has 21 heavy (non-hydrogen) atoms.